The molecule has 0 unspecified atom stereocenters. The summed E-state index contributed by atoms with van der Waals surface area (Å²) in [5, 5.41) is 5.26. The Labute approximate surface area is 184 Å². The molecule has 0 aliphatic carbocycles. The molecule has 0 saturated carbocycles. The van der Waals surface area contributed by atoms with Gasteiger partial charge in [0.25, 0.3) is 11.8 Å². The van der Waals surface area contributed by atoms with Gasteiger partial charge in [0, 0.05) is 25.7 Å². The first-order valence-corrected chi connectivity index (χ1v) is 10.1. The fourth-order valence-corrected chi connectivity index (χ4v) is 3.74. The fourth-order valence-electron chi connectivity index (χ4n) is 3.74. The molecule has 4 rings (SSSR count). The highest BCUT2D eigenvalue weighted by Gasteiger charge is 2.41. The minimum Gasteiger partial charge on any atom is -0.481 e. The number of hydrogen-bond acceptors (Lipinski definition) is 8. The van der Waals surface area contributed by atoms with Crippen LogP contribution in [-0.2, 0) is 4.79 Å². The van der Waals surface area contributed by atoms with Gasteiger partial charge in [-0.2, -0.15) is 10.7 Å². The molecular weight excluding hydrogens is 417 g/mol. The van der Waals surface area contributed by atoms with E-state index in [1.165, 1.54) is 18.3 Å². The van der Waals surface area contributed by atoms with Crippen LogP contribution in [0.2, 0.25) is 0 Å². The van der Waals surface area contributed by atoms with Gasteiger partial charge in [0.2, 0.25) is 11.7 Å². The molecule has 1 fully saturated rings. The predicted molar refractivity (Wildman–Crippen MR) is 115 cm³/mol. The second-order valence-corrected chi connectivity index (χ2v) is 8.02. The maximum Gasteiger partial charge on any atom is 0.293 e. The molecule has 0 spiro atoms. The molecule has 2 amide bonds. The number of amidine groups is 1. The van der Waals surface area contributed by atoms with E-state index in [1.54, 1.807) is 46.2 Å². The summed E-state index contributed by atoms with van der Waals surface area (Å²) in [6.45, 7) is 4.71. The number of carbonyl (C=O) groups excluding carboxylic acids is 2. The Balaban J connectivity index is 1.43. The predicted octanol–water partition coefficient (Wildman–Crippen LogP) is 1.14. The van der Waals surface area contributed by atoms with Crippen molar-refractivity contribution in [2.45, 2.75) is 19.4 Å². The van der Waals surface area contributed by atoms with Gasteiger partial charge in [0.1, 0.15) is 11.4 Å². The van der Waals surface area contributed by atoms with Crippen LogP contribution in [-0.4, -0.2) is 64.7 Å². The van der Waals surface area contributed by atoms with Crippen LogP contribution in [0, 0.1) is 5.82 Å². The van der Waals surface area contributed by atoms with Crippen molar-refractivity contribution in [1.82, 2.24) is 25.7 Å². The first-order valence-electron chi connectivity index (χ1n) is 10.1. The summed E-state index contributed by atoms with van der Waals surface area (Å²) in [6, 6.07) is 11.1. The third kappa shape index (κ3) is 4.01. The summed E-state index contributed by atoms with van der Waals surface area (Å²) in [5.41, 5.74) is 5.22. The number of piperazine rings is 1. The molecule has 10 nitrogen and oxygen atoms in total. The lowest BCUT2D eigenvalue weighted by atomic mass is 9.98. The Kier molecular flexibility index (Phi) is 5.56. The Bertz CT molecular complexity index is 1070. The van der Waals surface area contributed by atoms with E-state index < -0.39 is 11.4 Å². The molecular formula is C21H24FN7O3. The van der Waals surface area contributed by atoms with E-state index in [0.29, 0.717) is 25.5 Å². The highest BCUT2D eigenvalue weighted by atomic mass is 19.1. The van der Waals surface area contributed by atoms with Gasteiger partial charge in [-0.05, 0) is 32.0 Å². The SMILES string of the molecule is COc1cccc(C(=O)N2CCN(C(=O)C3=NNN(c4ccccc4F)N3)C(C)(C)C2)n1. The maximum absolute atomic E-state index is 14.0. The summed E-state index contributed by atoms with van der Waals surface area (Å²) < 4.78 is 19.1. The molecule has 11 heteroatoms. The van der Waals surface area contributed by atoms with E-state index in [4.69, 9.17) is 4.74 Å². The molecule has 32 heavy (non-hydrogen) atoms. The third-order valence-corrected chi connectivity index (χ3v) is 5.36. The van der Waals surface area contributed by atoms with Gasteiger partial charge in [-0.1, -0.05) is 18.2 Å². The van der Waals surface area contributed by atoms with Crippen molar-refractivity contribution in [3.8, 4) is 5.88 Å². The quantitative estimate of drug-likeness (QED) is 0.734. The Morgan fingerprint density at radius 3 is 2.59 bits per heavy atom. The number of hydrazine groups is 2. The number of hydrazone groups is 1. The fraction of sp³-hybridized carbons (Fsp3) is 0.333. The number of amides is 2. The van der Waals surface area contributed by atoms with Gasteiger partial charge in [-0.15, -0.1) is 5.10 Å². The molecule has 1 aromatic heterocycles. The van der Waals surface area contributed by atoms with Crippen LogP contribution in [0.4, 0.5) is 10.1 Å². The number of nitrogens with one attached hydrogen (secondary N) is 2. The summed E-state index contributed by atoms with van der Waals surface area (Å²) >= 11 is 0. The molecule has 2 aliphatic rings. The number of para-hydroxylation sites is 1. The molecule has 2 aliphatic heterocycles. The first kappa shape index (κ1) is 21.3. The zero-order valence-corrected chi connectivity index (χ0v) is 18.0. The van der Waals surface area contributed by atoms with Gasteiger partial charge < -0.3 is 14.5 Å². The number of ether oxygens (including phenoxy) is 1. The van der Waals surface area contributed by atoms with Crippen LogP contribution in [0.1, 0.15) is 24.3 Å². The van der Waals surface area contributed by atoms with Crippen LogP contribution in [0.5, 0.6) is 5.88 Å². The molecule has 168 valence electrons. The average Bonchev–Trinajstić information content (AvgIpc) is 3.28. The summed E-state index contributed by atoms with van der Waals surface area (Å²) in [5.74, 6) is -0.646. The van der Waals surface area contributed by atoms with Gasteiger partial charge >= 0.3 is 0 Å². The molecule has 0 radical (unpaired) electrons. The summed E-state index contributed by atoms with van der Waals surface area (Å²) in [7, 11) is 1.49. The van der Waals surface area contributed by atoms with Gasteiger partial charge in [-0.25, -0.2) is 9.37 Å². The minimum absolute atomic E-state index is 0.0376. The molecule has 0 bridgehead atoms. The lowest BCUT2D eigenvalue weighted by Crippen LogP contribution is -2.64. The molecule has 0 atom stereocenters. The lowest BCUT2D eigenvalue weighted by Gasteiger charge is -2.46. The van der Waals surface area contributed by atoms with Crippen molar-refractivity contribution in [1.29, 1.82) is 0 Å². The van der Waals surface area contributed by atoms with Crippen molar-refractivity contribution in [3.05, 3.63) is 54.0 Å². The van der Waals surface area contributed by atoms with Gasteiger partial charge in [-0.3, -0.25) is 15.0 Å². The van der Waals surface area contributed by atoms with Crippen molar-refractivity contribution in [2.75, 3.05) is 31.9 Å². The van der Waals surface area contributed by atoms with E-state index >= 15 is 0 Å². The second kappa shape index (κ2) is 8.33. The van der Waals surface area contributed by atoms with Crippen LogP contribution >= 0.6 is 0 Å². The smallest absolute Gasteiger partial charge is 0.293 e. The monoisotopic (exact) mass is 441 g/mol. The van der Waals surface area contributed by atoms with Crippen LogP contribution in [0.3, 0.4) is 0 Å². The Hall–Kier alpha value is -3.89. The normalized spacial score (nSPS) is 17.4. The molecule has 3 heterocycles. The number of hydrogen-bond donors (Lipinski definition) is 2. The number of halogens is 1. The van der Waals surface area contributed by atoms with E-state index in [1.807, 2.05) is 13.8 Å². The largest absolute Gasteiger partial charge is 0.481 e. The molecule has 1 aromatic carbocycles. The average molecular weight is 441 g/mol. The van der Waals surface area contributed by atoms with Crippen molar-refractivity contribution in [2.24, 2.45) is 5.10 Å². The number of benzene rings is 1. The van der Waals surface area contributed by atoms with Crippen molar-refractivity contribution < 1.29 is 18.7 Å². The lowest BCUT2D eigenvalue weighted by molar-refractivity contribution is -0.132. The topological polar surface area (TPSA) is 102 Å². The van der Waals surface area contributed by atoms with Crippen LogP contribution in [0.25, 0.3) is 0 Å². The zero-order valence-electron chi connectivity index (χ0n) is 18.0. The van der Waals surface area contributed by atoms with E-state index in [0.717, 1.165) is 0 Å². The number of rotatable bonds is 4. The number of pyridine rings is 1. The zero-order chi connectivity index (χ0) is 22.9. The van der Waals surface area contributed by atoms with Gasteiger partial charge in [0.05, 0.1) is 12.6 Å². The van der Waals surface area contributed by atoms with E-state index in [9.17, 15) is 14.0 Å². The Morgan fingerprint density at radius 2 is 1.88 bits per heavy atom. The van der Waals surface area contributed by atoms with Crippen molar-refractivity contribution >= 4 is 23.3 Å². The summed E-state index contributed by atoms with van der Waals surface area (Å²) in [4.78, 5) is 33.6. The van der Waals surface area contributed by atoms with Crippen molar-refractivity contribution in [3.63, 3.8) is 0 Å². The molecule has 1 saturated heterocycles. The van der Waals surface area contributed by atoms with Crippen LogP contribution in [0.15, 0.2) is 47.6 Å². The Morgan fingerprint density at radius 1 is 1.09 bits per heavy atom. The minimum atomic E-state index is -0.667. The third-order valence-electron chi connectivity index (χ3n) is 5.36. The standard InChI is InChI=1S/C21H24FN7O3/c1-21(2)13-27(19(30)15-8-6-10-17(23-15)32-3)11-12-28(21)20(31)18-24-26-29(25-18)16-9-5-4-7-14(16)22/h4-10,26H,11-13H2,1-3H3,(H,24,25). The number of anilines is 1. The summed E-state index contributed by atoms with van der Waals surface area (Å²) in [6.07, 6.45) is 0. The second-order valence-electron chi connectivity index (χ2n) is 8.02. The van der Waals surface area contributed by atoms with E-state index in [2.05, 4.69) is 21.0 Å². The first-order chi connectivity index (χ1) is 15.3. The highest BCUT2D eigenvalue weighted by molar-refractivity contribution is 6.38. The van der Waals surface area contributed by atoms with Gasteiger partial charge in [0.15, 0.2) is 5.82 Å². The molecule has 2 N–H and O–H groups in total. The number of carbonyl (C=O) groups is 2. The highest BCUT2D eigenvalue weighted by Crippen LogP contribution is 2.24. The number of nitrogens with zero attached hydrogens (tertiary/aromatic N) is 5. The van der Waals surface area contributed by atoms with Crippen LogP contribution < -0.4 is 20.8 Å². The number of aromatic nitrogens is 1. The van der Waals surface area contributed by atoms with E-state index in [-0.39, 0.29) is 29.0 Å². The maximum atomic E-state index is 14.0. The number of methoxy groups -OCH3 is 1. The molecule has 2 aromatic rings.